The lowest BCUT2D eigenvalue weighted by Gasteiger charge is -2.07. The number of nitrogens with one attached hydrogen (secondary N) is 1. The summed E-state index contributed by atoms with van der Waals surface area (Å²) in [7, 11) is 0. The number of carbonyl (C=O) groups excluding carboxylic acids is 1. The number of ether oxygens (including phenoxy) is 2. The summed E-state index contributed by atoms with van der Waals surface area (Å²) in [5.41, 5.74) is 2.32. The molecule has 1 aromatic heterocycles. The molecule has 168 valence electrons. The van der Waals surface area contributed by atoms with Crippen LogP contribution >= 0.6 is 11.3 Å². The number of para-hydroxylation sites is 1. The Morgan fingerprint density at radius 3 is 2.30 bits per heavy atom. The molecular weight excluding hydrogens is 432 g/mol. The van der Waals surface area contributed by atoms with Gasteiger partial charge >= 0.3 is 0 Å². The zero-order valence-electron chi connectivity index (χ0n) is 18.5. The van der Waals surface area contributed by atoms with E-state index in [2.05, 4.69) is 17.2 Å². The van der Waals surface area contributed by atoms with E-state index in [1.807, 2.05) is 72.1 Å². The van der Waals surface area contributed by atoms with Crippen LogP contribution in [-0.4, -0.2) is 17.5 Å². The molecule has 0 unspecified atom stereocenters. The van der Waals surface area contributed by atoms with Gasteiger partial charge in [-0.2, -0.15) is 0 Å². The SMILES string of the molecule is CCCCCOc1ccc(C(=O)Nc2nc(-c3ccc(Oc4ccccc4)cc3)cs2)cc1. The first-order valence-corrected chi connectivity index (χ1v) is 11.9. The number of rotatable bonds is 10. The number of unbranched alkanes of at least 4 members (excludes halogenated alkanes) is 2. The third-order valence-electron chi connectivity index (χ3n) is 4.99. The first-order valence-electron chi connectivity index (χ1n) is 11.0. The van der Waals surface area contributed by atoms with Gasteiger partial charge in [-0.05, 0) is 67.1 Å². The number of benzene rings is 3. The molecular formula is C27H26N2O3S. The predicted molar refractivity (Wildman–Crippen MR) is 133 cm³/mol. The quantitative estimate of drug-likeness (QED) is 0.251. The van der Waals surface area contributed by atoms with E-state index in [1.165, 1.54) is 11.3 Å². The Kier molecular flexibility index (Phi) is 7.72. The van der Waals surface area contributed by atoms with Crippen LogP contribution in [0.3, 0.4) is 0 Å². The van der Waals surface area contributed by atoms with Gasteiger partial charge in [0.2, 0.25) is 0 Å². The van der Waals surface area contributed by atoms with Gasteiger partial charge in [-0.25, -0.2) is 4.98 Å². The first-order chi connectivity index (χ1) is 16.2. The van der Waals surface area contributed by atoms with Crippen molar-refractivity contribution in [2.45, 2.75) is 26.2 Å². The van der Waals surface area contributed by atoms with Gasteiger partial charge in [0.15, 0.2) is 5.13 Å². The number of aromatic nitrogens is 1. The number of amides is 1. The smallest absolute Gasteiger partial charge is 0.257 e. The zero-order chi connectivity index (χ0) is 22.9. The molecule has 0 aliphatic heterocycles. The highest BCUT2D eigenvalue weighted by Crippen LogP contribution is 2.28. The molecule has 5 nitrogen and oxygen atoms in total. The van der Waals surface area contributed by atoms with Crippen LogP contribution < -0.4 is 14.8 Å². The van der Waals surface area contributed by atoms with Crippen molar-refractivity contribution in [3.05, 3.63) is 89.8 Å². The third kappa shape index (κ3) is 6.43. The molecule has 0 spiro atoms. The van der Waals surface area contributed by atoms with Gasteiger partial charge in [0, 0.05) is 16.5 Å². The van der Waals surface area contributed by atoms with Crippen LogP contribution in [0.1, 0.15) is 36.5 Å². The zero-order valence-corrected chi connectivity index (χ0v) is 19.3. The predicted octanol–water partition coefficient (Wildman–Crippen LogP) is 7.42. The lowest BCUT2D eigenvalue weighted by molar-refractivity contribution is 0.102. The average molecular weight is 459 g/mol. The van der Waals surface area contributed by atoms with E-state index in [0.29, 0.717) is 17.3 Å². The fourth-order valence-corrected chi connectivity index (χ4v) is 3.91. The van der Waals surface area contributed by atoms with Gasteiger partial charge in [0.05, 0.1) is 12.3 Å². The van der Waals surface area contributed by atoms with Crippen molar-refractivity contribution in [2.24, 2.45) is 0 Å². The van der Waals surface area contributed by atoms with Gasteiger partial charge in [-0.1, -0.05) is 38.0 Å². The summed E-state index contributed by atoms with van der Waals surface area (Å²) in [6.45, 7) is 2.86. The Balaban J connectivity index is 1.33. The molecule has 0 saturated heterocycles. The summed E-state index contributed by atoms with van der Waals surface area (Å²) in [5.74, 6) is 2.13. The normalized spacial score (nSPS) is 10.6. The number of carbonyl (C=O) groups is 1. The maximum Gasteiger partial charge on any atom is 0.257 e. The standard InChI is InChI=1S/C27H26N2O3S/c1-2-3-7-18-31-22-14-12-21(13-15-22)26(30)29-27-28-25(19-33-27)20-10-16-24(17-11-20)32-23-8-5-4-6-9-23/h4-6,8-17,19H,2-3,7,18H2,1H3,(H,28,29,30). The second kappa shape index (κ2) is 11.3. The minimum absolute atomic E-state index is 0.194. The Bertz CT molecular complexity index is 1160. The molecule has 1 N–H and O–H groups in total. The van der Waals surface area contributed by atoms with E-state index >= 15 is 0 Å². The largest absolute Gasteiger partial charge is 0.494 e. The molecule has 0 bridgehead atoms. The van der Waals surface area contributed by atoms with Gasteiger partial charge in [0.25, 0.3) is 5.91 Å². The molecule has 0 aliphatic carbocycles. The number of thiazole rings is 1. The highest BCUT2D eigenvalue weighted by molar-refractivity contribution is 7.14. The monoisotopic (exact) mass is 458 g/mol. The van der Waals surface area contributed by atoms with Crippen molar-refractivity contribution in [1.82, 2.24) is 4.98 Å². The lowest BCUT2D eigenvalue weighted by Crippen LogP contribution is -2.11. The second-order valence-electron chi connectivity index (χ2n) is 7.51. The highest BCUT2D eigenvalue weighted by atomic mass is 32.1. The Morgan fingerprint density at radius 1 is 0.879 bits per heavy atom. The topological polar surface area (TPSA) is 60.5 Å². The maximum atomic E-state index is 12.6. The molecule has 3 aromatic carbocycles. The van der Waals surface area contributed by atoms with Crippen molar-refractivity contribution < 1.29 is 14.3 Å². The lowest BCUT2D eigenvalue weighted by atomic mass is 10.2. The number of nitrogens with zero attached hydrogens (tertiary/aromatic N) is 1. The van der Waals surface area contributed by atoms with Crippen LogP contribution in [0.5, 0.6) is 17.2 Å². The fraction of sp³-hybridized carbons (Fsp3) is 0.185. The molecule has 1 heterocycles. The van der Waals surface area contributed by atoms with Gasteiger partial charge in [-0.3, -0.25) is 10.1 Å². The van der Waals surface area contributed by atoms with Crippen LogP contribution in [0.25, 0.3) is 11.3 Å². The Labute approximate surface area is 198 Å². The number of anilines is 1. The van der Waals surface area contributed by atoms with Crippen molar-refractivity contribution in [1.29, 1.82) is 0 Å². The molecule has 0 saturated carbocycles. The minimum Gasteiger partial charge on any atom is -0.494 e. The van der Waals surface area contributed by atoms with E-state index in [9.17, 15) is 4.79 Å². The molecule has 4 rings (SSSR count). The maximum absolute atomic E-state index is 12.6. The van der Waals surface area contributed by atoms with Crippen LogP contribution in [-0.2, 0) is 0 Å². The summed E-state index contributed by atoms with van der Waals surface area (Å²) < 4.78 is 11.5. The second-order valence-corrected chi connectivity index (χ2v) is 8.37. The van der Waals surface area contributed by atoms with Gasteiger partial charge in [-0.15, -0.1) is 11.3 Å². The molecule has 0 fully saturated rings. The fourth-order valence-electron chi connectivity index (χ4n) is 3.20. The highest BCUT2D eigenvalue weighted by Gasteiger charge is 2.11. The summed E-state index contributed by atoms with van der Waals surface area (Å²) in [5, 5.41) is 5.36. The van der Waals surface area contributed by atoms with Crippen LogP contribution in [0, 0.1) is 0 Å². The summed E-state index contributed by atoms with van der Waals surface area (Å²) in [6, 6.07) is 24.6. The summed E-state index contributed by atoms with van der Waals surface area (Å²) in [4.78, 5) is 17.1. The molecule has 6 heteroatoms. The average Bonchev–Trinajstić information content (AvgIpc) is 3.32. The molecule has 0 atom stereocenters. The van der Waals surface area contributed by atoms with E-state index in [1.54, 1.807) is 12.1 Å². The van der Waals surface area contributed by atoms with E-state index in [-0.39, 0.29) is 5.91 Å². The summed E-state index contributed by atoms with van der Waals surface area (Å²) >= 11 is 1.39. The number of hydrogen-bond donors (Lipinski definition) is 1. The van der Waals surface area contributed by atoms with E-state index < -0.39 is 0 Å². The Morgan fingerprint density at radius 2 is 1.58 bits per heavy atom. The van der Waals surface area contributed by atoms with Crippen molar-refractivity contribution in [2.75, 3.05) is 11.9 Å². The van der Waals surface area contributed by atoms with Crippen molar-refractivity contribution in [3.63, 3.8) is 0 Å². The summed E-state index contributed by atoms with van der Waals surface area (Å²) in [6.07, 6.45) is 3.35. The molecule has 0 radical (unpaired) electrons. The third-order valence-corrected chi connectivity index (χ3v) is 5.74. The van der Waals surface area contributed by atoms with Gasteiger partial charge < -0.3 is 9.47 Å². The molecule has 33 heavy (non-hydrogen) atoms. The van der Waals surface area contributed by atoms with E-state index in [4.69, 9.17) is 9.47 Å². The Hall–Kier alpha value is -3.64. The van der Waals surface area contributed by atoms with Crippen molar-refractivity contribution >= 4 is 22.4 Å². The number of hydrogen-bond acceptors (Lipinski definition) is 5. The van der Waals surface area contributed by atoms with Crippen molar-refractivity contribution in [3.8, 4) is 28.5 Å². The first kappa shape index (κ1) is 22.6. The minimum atomic E-state index is -0.194. The van der Waals surface area contributed by atoms with Gasteiger partial charge in [0.1, 0.15) is 17.2 Å². The molecule has 1 amide bonds. The van der Waals surface area contributed by atoms with E-state index in [0.717, 1.165) is 47.8 Å². The van der Waals surface area contributed by atoms with Crippen LogP contribution in [0.2, 0.25) is 0 Å². The van der Waals surface area contributed by atoms with Crippen LogP contribution in [0.4, 0.5) is 5.13 Å². The van der Waals surface area contributed by atoms with Crippen LogP contribution in [0.15, 0.2) is 84.2 Å². The molecule has 0 aliphatic rings. The molecule has 4 aromatic rings.